The molecular formula is C22H28ClFN3O10P. The average Bonchev–Trinajstić information content (AvgIpc) is 3.06. The van der Waals surface area contributed by atoms with E-state index >= 15 is 4.39 Å². The normalized spacial score (nSPS) is 25.5. The summed E-state index contributed by atoms with van der Waals surface area (Å²) < 4.78 is 56.4. The fraction of sp³-hybridized carbons (Fsp3) is 0.500. The van der Waals surface area contributed by atoms with Crippen molar-refractivity contribution >= 4 is 25.3 Å². The number of aliphatic hydroxyl groups is 1. The van der Waals surface area contributed by atoms with E-state index < -0.39 is 67.3 Å². The topological polar surface area (TPSA) is 167 Å². The van der Waals surface area contributed by atoms with Crippen LogP contribution in [0.2, 0.25) is 0 Å². The van der Waals surface area contributed by atoms with Gasteiger partial charge in [-0.1, -0.05) is 23.7 Å². The van der Waals surface area contributed by atoms with E-state index in [0.717, 1.165) is 12.3 Å². The third-order valence-electron chi connectivity index (χ3n) is 5.24. The van der Waals surface area contributed by atoms with Crippen LogP contribution in [0, 0.1) is 0 Å². The van der Waals surface area contributed by atoms with Gasteiger partial charge in [-0.2, -0.15) is 5.09 Å². The van der Waals surface area contributed by atoms with E-state index in [1.807, 2.05) is 4.98 Å². The van der Waals surface area contributed by atoms with E-state index in [1.54, 1.807) is 26.0 Å². The van der Waals surface area contributed by atoms with E-state index in [-0.39, 0.29) is 11.5 Å². The van der Waals surface area contributed by atoms with E-state index in [1.165, 1.54) is 26.2 Å². The molecule has 13 nitrogen and oxygen atoms in total. The van der Waals surface area contributed by atoms with Crippen molar-refractivity contribution in [1.82, 2.24) is 14.6 Å². The lowest BCUT2D eigenvalue weighted by molar-refractivity contribution is -0.149. The van der Waals surface area contributed by atoms with Crippen LogP contribution < -0.4 is 25.6 Å². The van der Waals surface area contributed by atoms with E-state index in [9.17, 15) is 24.1 Å². The molecule has 0 aliphatic carbocycles. The Labute approximate surface area is 221 Å². The molecule has 1 saturated heterocycles. The summed E-state index contributed by atoms with van der Waals surface area (Å²) in [6.45, 7) is 3.85. The Balaban J connectivity index is 1.84. The maximum atomic E-state index is 15.3. The molecule has 2 heterocycles. The van der Waals surface area contributed by atoms with Crippen LogP contribution in [0.4, 0.5) is 4.39 Å². The standard InChI is InChI=1S/C22H28ClFN3O10P/c1-12(2)35-19(30)13(3)26-38(32,37-15-8-6-5-7-14(15)33-4)34-11-16-18(29)22(23,24)20(36-16)27-10-9-17(28)25-21(27)31/h5-10,12-13,16,18,20,29H,11H2,1-4H3,(H,26,32)(H,25,28,31)/t13-,16+,18+,20+,22+,38?/m0/s1. The first-order chi connectivity index (χ1) is 17.8. The number of carbonyl (C=O) groups is 1. The molecule has 6 atom stereocenters. The number of alkyl halides is 2. The summed E-state index contributed by atoms with van der Waals surface area (Å²) in [7, 11) is -3.11. The van der Waals surface area contributed by atoms with Crippen LogP contribution >= 0.6 is 19.3 Å². The van der Waals surface area contributed by atoms with Gasteiger partial charge in [0.05, 0.1) is 19.8 Å². The number of aliphatic hydroxyl groups excluding tert-OH is 1. The van der Waals surface area contributed by atoms with E-state index in [4.69, 9.17) is 34.9 Å². The molecule has 1 aromatic carbocycles. The van der Waals surface area contributed by atoms with Crippen LogP contribution in [0.25, 0.3) is 0 Å². The number of rotatable bonds is 11. The molecule has 1 aliphatic rings. The van der Waals surface area contributed by atoms with Gasteiger partial charge in [0.2, 0.25) is 0 Å². The fourth-order valence-corrected chi connectivity index (χ4v) is 5.24. The highest BCUT2D eigenvalue weighted by Crippen LogP contribution is 2.50. The van der Waals surface area contributed by atoms with Gasteiger partial charge in [0.25, 0.3) is 10.7 Å². The number of esters is 1. The number of nitrogens with one attached hydrogen (secondary N) is 2. The molecule has 0 amide bonds. The van der Waals surface area contributed by atoms with Gasteiger partial charge >= 0.3 is 19.4 Å². The monoisotopic (exact) mass is 579 g/mol. The predicted molar refractivity (Wildman–Crippen MR) is 132 cm³/mol. The van der Waals surface area contributed by atoms with Gasteiger partial charge in [-0.05, 0) is 32.9 Å². The summed E-state index contributed by atoms with van der Waals surface area (Å²) in [5, 5.41) is 9.89. The van der Waals surface area contributed by atoms with Crippen molar-refractivity contribution in [2.45, 2.75) is 56.5 Å². The largest absolute Gasteiger partial charge is 0.493 e. The zero-order valence-corrected chi connectivity index (χ0v) is 22.5. The van der Waals surface area contributed by atoms with Crippen LogP contribution in [-0.2, 0) is 23.4 Å². The summed E-state index contributed by atoms with van der Waals surface area (Å²) in [5.74, 6) is -0.586. The number of aromatic nitrogens is 2. The average molecular weight is 580 g/mol. The van der Waals surface area contributed by atoms with Crippen LogP contribution in [0.1, 0.15) is 27.0 Å². The second-order valence-electron chi connectivity index (χ2n) is 8.54. The van der Waals surface area contributed by atoms with Gasteiger partial charge in [-0.25, -0.2) is 13.8 Å². The Hall–Kier alpha value is -2.74. The first kappa shape index (κ1) is 29.8. The first-order valence-electron chi connectivity index (χ1n) is 11.4. The number of carbonyl (C=O) groups excluding carboxylic acids is 1. The molecule has 0 saturated carbocycles. The van der Waals surface area contributed by atoms with Crippen molar-refractivity contribution in [1.29, 1.82) is 0 Å². The molecule has 1 aliphatic heterocycles. The molecule has 38 heavy (non-hydrogen) atoms. The minimum atomic E-state index is -4.47. The summed E-state index contributed by atoms with van der Waals surface area (Å²) in [4.78, 5) is 37.7. The number of para-hydroxylation sites is 2. The van der Waals surface area contributed by atoms with E-state index in [0.29, 0.717) is 4.57 Å². The third-order valence-corrected chi connectivity index (χ3v) is 7.28. The molecule has 1 unspecified atom stereocenters. The summed E-state index contributed by atoms with van der Waals surface area (Å²) in [6.07, 6.45) is -5.03. The van der Waals surface area contributed by atoms with Crippen molar-refractivity contribution in [2.75, 3.05) is 13.7 Å². The Morgan fingerprint density at radius 3 is 2.55 bits per heavy atom. The Bertz CT molecular complexity index is 1300. The Kier molecular flexibility index (Phi) is 9.39. The zero-order chi connectivity index (χ0) is 28.3. The number of benzene rings is 1. The second-order valence-corrected chi connectivity index (χ2v) is 10.8. The SMILES string of the molecule is COc1ccccc1OP(=O)(N[C@@H](C)C(=O)OC(C)C)OC[C@H]1O[C@@H](n2ccc(=O)[nH]c2=O)[C@@](F)(Cl)[C@@H]1O. The Morgan fingerprint density at radius 2 is 1.95 bits per heavy atom. The highest BCUT2D eigenvalue weighted by atomic mass is 35.5. The van der Waals surface area contributed by atoms with E-state index in [2.05, 4.69) is 5.09 Å². The molecule has 1 fully saturated rings. The molecule has 210 valence electrons. The Morgan fingerprint density at radius 1 is 1.29 bits per heavy atom. The molecular weight excluding hydrogens is 552 g/mol. The summed E-state index contributed by atoms with van der Waals surface area (Å²) >= 11 is 5.88. The molecule has 3 rings (SSSR count). The number of nitrogens with zero attached hydrogens (tertiary/aromatic N) is 1. The minimum Gasteiger partial charge on any atom is -0.493 e. The molecule has 2 aromatic rings. The van der Waals surface area contributed by atoms with Crippen molar-refractivity contribution < 1.29 is 42.1 Å². The molecule has 0 bridgehead atoms. The highest BCUT2D eigenvalue weighted by molar-refractivity contribution is 7.52. The van der Waals surface area contributed by atoms with Crippen LogP contribution in [0.5, 0.6) is 11.5 Å². The van der Waals surface area contributed by atoms with Crippen LogP contribution in [0.15, 0.2) is 46.1 Å². The fourth-order valence-electron chi connectivity index (χ4n) is 3.43. The lowest BCUT2D eigenvalue weighted by atomic mass is 10.1. The summed E-state index contributed by atoms with van der Waals surface area (Å²) in [6, 6.07) is 5.91. The maximum Gasteiger partial charge on any atom is 0.459 e. The lowest BCUT2D eigenvalue weighted by Gasteiger charge is -2.25. The van der Waals surface area contributed by atoms with Crippen molar-refractivity contribution in [3.63, 3.8) is 0 Å². The number of ether oxygens (including phenoxy) is 3. The molecule has 0 spiro atoms. The predicted octanol–water partition coefficient (Wildman–Crippen LogP) is 1.84. The lowest BCUT2D eigenvalue weighted by Crippen LogP contribution is -2.42. The number of hydrogen-bond acceptors (Lipinski definition) is 10. The maximum absolute atomic E-state index is 15.3. The minimum absolute atomic E-state index is 0.0157. The van der Waals surface area contributed by atoms with Crippen LogP contribution in [0.3, 0.4) is 0 Å². The third kappa shape index (κ3) is 6.82. The van der Waals surface area contributed by atoms with Gasteiger partial charge in [-0.3, -0.25) is 23.7 Å². The summed E-state index contributed by atoms with van der Waals surface area (Å²) in [5.41, 5.74) is -1.78. The highest BCUT2D eigenvalue weighted by Gasteiger charge is 2.58. The first-order valence-corrected chi connectivity index (χ1v) is 13.3. The number of halogens is 2. The van der Waals surface area contributed by atoms with Crippen molar-refractivity contribution in [3.8, 4) is 11.5 Å². The number of hydrogen-bond donors (Lipinski definition) is 3. The van der Waals surface area contributed by atoms with Gasteiger partial charge in [-0.15, -0.1) is 0 Å². The molecule has 16 heteroatoms. The van der Waals surface area contributed by atoms with Gasteiger partial charge in [0.15, 0.2) is 17.7 Å². The van der Waals surface area contributed by atoms with Gasteiger partial charge in [0, 0.05) is 12.3 Å². The van der Waals surface area contributed by atoms with Crippen molar-refractivity contribution in [3.05, 3.63) is 57.4 Å². The zero-order valence-electron chi connectivity index (χ0n) is 20.8. The quantitative estimate of drug-likeness (QED) is 0.202. The molecule has 3 N–H and O–H groups in total. The van der Waals surface area contributed by atoms with Gasteiger partial charge < -0.3 is 23.8 Å². The van der Waals surface area contributed by atoms with Crippen molar-refractivity contribution in [2.24, 2.45) is 0 Å². The molecule has 1 aromatic heterocycles. The molecule has 0 radical (unpaired) electrons. The second kappa shape index (κ2) is 12.0. The number of H-pyrrole nitrogens is 1. The van der Waals surface area contributed by atoms with Crippen LogP contribution in [-0.4, -0.2) is 63.8 Å². The smallest absolute Gasteiger partial charge is 0.459 e. The number of aromatic amines is 1. The number of methoxy groups -OCH3 is 1. The van der Waals surface area contributed by atoms with Gasteiger partial charge in [0.1, 0.15) is 18.2 Å².